The summed E-state index contributed by atoms with van der Waals surface area (Å²) < 4.78 is 84.0. The zero-order valence-electron chi connectivity index (χ0n) is 30.1. The van der Waals surface area contributed by atoms with Gasteiger partial charge in [-0.3, -0.25) is 4.79 Å². The van der Waals surface area contributed by atoms with Crippen molar-refractivity contribution in [3.8, 4) is 0 Å². The van der Waals surface area contributed by atoms with E-state index in [-0.39, 0.29) is 80.5 Å². The molecule has 54 heavy (non-hydrogen) atoms. The largest absolute Gasteiger partial charge is 0.446 e. The number of hydrogen-bond acceptors (Lipinski definition) is 9. The van der Waals surface area contributed by atoms with Gasteiger partial charge in [0.05, 0.1) is 10.0 Å². The smallest absolute Gasteiger partial charge is 0.444 e. The number of alkyl halides is 6. The molecule has 2 heterocycles. The Morgan fingerprint density at radius 3 is 1.57 bits per heavy atom. The Hall–Kier alpha value is -2.89. The maximum absolute atomic E-state index is 12.6. The molecule has 306 valence electrons. The van der Waals surface area contributed by atoms with E-state index in [4.69, 9.17) is 38.4 Å². The van der Waals surface area contributed by atoms with Crippen LogP contribution in [0, 0.1) is 0 Å². The van der Waals surface area contributed by atoms with Crippen LogP contribution in [0.3, 0.4) is 0 Å². The first-order valence-electron chi connectivity index (χ1n) is 16.3. The topological polar surface area (TPSA) is 114 Å². The van der Waals surface area contributed by atoms with E-state index in [2.05, 4.69) is 5.32 Å². The number of benzene rings is 2. The molecule has 0 aromatic heterocycles. The number of nitrogens with two attached hydrogens (primary N) is 1. The third-order valence-electron chi connectivity index (χ3n) is 6.83. The summed E-state index contributed by atoms with van der Waals surface area (Å²) in [6, 6.07) is 8.56. The minimum atomic E-state index is -4.39. The minimum Gasteiger partial charge on any atom is -0.444 e. The Bertz CT molecular complexity index is 1540. The van der Waals surface area contributed by atoms with Crippen LogP contribution < -0.4 is 11.1 Å². The van der Waals surface area contributed by atoms with E-state index >= 15 is 0 Å². The molecule has 0 bridgehead atoms. The van der Waals surface area contributed by atoms with Crippen molar-refractivity contribution >= 4 is 76.1 Å². The SMILES string of the molecule is C.CC(C)(C)OC(=O)N1CCC(=O)CC1.CC(C)(C)OC(=O)N1CCC(Nc2ccc(Cl)c(SC(F)(F)F)c2)CC1.Nc1ccc(Cl)c(SC(F)(F)F)c1. The fraction of sp³-hybridized carbons (Fsp3) is 0.571. The van der Waals surface area contributed by atoms with Crippen molar-refractivity contribution in [2.75, 3.05) is 37.2 Å². The molecule has 2 aromatic carbocycles. The van der Waals surface area contributed by atoms with Gasteiger partial charge in [0.1, 0.15) is 17.0 Å². The number of nitrogens with one attached hydrogen (secondary N) is 1. The van der Waals surface area contributed by atoms with Crippen LogP contribution in [0.1, 0.15) is 74.7 Å². The highest BCUT2D eigenvalue weighted by atomic mass is 35.5. The molecular formula is C35H48Cl2F6N4O5S2. The second kappa shape index (κ2) is 20.9. The lowest BCUT2D eigenvalue weighted by atomic mass is 10.0. The standard InChI is InChI=1S/C17H22ClF3N2O2S.C10H17NO3.C7H5ClF3NS.CH4/c1-16(2,3)25-15(24)23-8-6-11(7-9-23)22-12-4-5-13(18)14(10-12)26-17(19,20)21;1-10(2,3)14-9(13)11-6-4-8(12)5-7-11;8-5-2-1-4(12)3-6(5)13-7(9,10)11;/h4-5,10-11,22H,6-9H2,1-3H3;4-7H2,1-3H3;1-3H,12H2;1H4. The lowest BCUT2D eigenvalue weighted by Gasteiger charge is -2.34. The summed E-state index contributed by atoms with van der Waals surface area (Å²) in [5.74, 6) is 0.227. The second-order valence-corrected chi connectivity index (χ2v) is 16.9. The maximum atomic E-state index is 12.6. The van der Waals surface area contributed by atoms with Gasteiger partial charge in [0, 0.05) is 66.2 Å². The van der Waals surface area contributed by atoms with Gasteiger partial charge in [-0.15, -0.1) is 0 Å². The number of ether oxygens (including phenoxy) is 2. The number of thioether (sulfide) groups is 2. The number of carbonyl (C=O) groups is 3. The molecule has 0 aliphatic carbocycles. The van der Waals surface area contributed by atoms with Crippen molar-refractivity contribution < 1.29 is 50.2 Å². The molecule has 2 fully saturated rings. The number of piperidine rings is 2. The minimum absolute atomic E-state index is 0. The molecule has 2 aromatic rings. The highest BCUT2D eigenvalue weighted by Crippen LogP contribution is 2.42. The van der Waals surface area contributed by atoms with Gasteiger partial charge in [0.2, 0.25) is 0 Å². The van der Waals surface area contributed by atoms with E-state index in [0.29, 0.717) is 57.5 Å². The lowest BCUT2D eigenvalue weighted by molar-refractivity contribution is -0.121. The number of likely N-dealkylation sites (tertiary alicyclic amines) is 2. The number of nitrogen functional groups attached to an aromatic ring is 1. The zero-order valence-corrected chi connectivity index (χ0v) is 33.2. The Kier molecular flexibility index (Phi) is 19.0. The molecular weight excluding hydrogens is 805 g/mol. The second-order valence-electron chi connectivity index (χ2n) is 13.8. The lowest BCUT2D eigenvalue weighted by Crippen LogP contribution is -2.44. The highest BCUT2D eigenvalue weighted by Gasteiger charge is 2.32. The first-order chi connectivity index (χ1) is 24.2. The number of Topliss-reactive ketones (excluding diaryl/α,β-unsaturated/α-hetero) is 1. The van der Waals surface area contributed by atoms with Crippen molar-refractivity contribution in [2.24, 2.45) is 0 Å². The van der Waals surface area contributed by atoms with Crippen LogP contribution in [0.5, 0.6) is 0 Å². The van der Waals surface area contributed by atoms with E-state index in [0.717, 1.165) is 0 Å². The molecule has 0 spiro atoms. The number of hydrogen-bond donors (Lipinski definition) is 2. The van der Waals surface area contributed by atoms with Gasteiger partial charge < -0.3 is 30.3 Å². The summed E-state index contributed by atoms with van der Waals surface area (Å²) in [7, 11) is 0. The van der Waals surface area contributed by atoms with Crippen LogP contribution in [-0.4, -0.2) is 82.2 Å². The fourth-order valence-corrected chi connectivity index (χ4v) is 6.23. The van der Waals surface area contributed by atoms with Crippen LogP contribution in [0.2, 0.25) is 10.0 Å². The Morgan fingerprint density at radius 2 is 1.15 bits per heavy atom. The van der Waals surface area contributed by atoms with Gasteiger partial charge in [-0.2, -0.15) is 26.3 Å². The molecule has 2 amide bonds. The molecule has 3 N–H and O–H groups in total. The highest BCUT2D eigenvalue weighted by molar-refractivity contribution is 8.00. The van der Waals surface area contributed by atoms with Gasteiger partial charge in [-0.05, 0) is 114 Å². The van der Waals surface area contributed by atoms with Gasteiger partial charge in [0.15, 0.2) is 0 Å². The molecule has 0 unspecified atom stereocenters. The number of amides is 2. The quantitative estimate of drug-likeness (QED) is 0.176. The van der Waals surface area contributed by atoms with E-state index in [1.807, 2.05) is 41.5 Å². The zero-order chi connectivity index (χ0) is 40.4. The Morgan fingerprint density at radius 1 is 0.741 bits per heavy atom. The average Bonchev–Trinajstić information content (AvgIpc) is 2.99. The summed E-state index contributed by atoms with van der Waals surface area (Å²) in [5, 5.41) is 3.34. The fourth-order valence-electron chi connectivity index (χ4n) is 4.55. The number of rotatable bonds is 4. The molecule has 4 rings (SSSR count). The van der Waals surface area contributed by atoms with Crippen LogP contribution in [-0.2, 0) is 14.3 Å². The van der Waals surface area contributed by atoms with E-state index in [1.165, 1.54) is 30.3 Å². The molecule has 0 saturated carbocycles. The van der Waals surface area contributed by atoms with E-state index in [9.17, 15) is 40.7 Å². The molecule has 2 saturated heterocycles. The number of carbonyl (C=O) groups excluding carboxylic acids is 3. The normalized spacial score (nSPS) is 15.5. The van der Waals surface area contributed by atoms with Gasteiger partial charge in [-0.25, -0.2) is 9.59 Å². The average molecular weight is 854 g/mol. The Labute approximate surface area is 331 Å². The first-order valence-corrected chi connectivity index (χ1v) is 18.7. The van der Waals surface area contributed by atoms with E-state index < -0.39 is 22.2 Å². The molecule has 0 atom stereocenters. The van der Waals surface area contributed by atoms with Crippen molar-refractivity contribution in [1.29, 1.82) is 0 Å². The molecule has 2 aliphatic rings. The molecule has 2 aliphatic heterocycles. The van der Waals surface area contributed by atoms with Crippen molar-refractivity contribution in [2.45, 2.75) is 113 Å². The maximum Gasteiger partial charge on any atom is 0.446 e. The third-order valence-corrected chi connectivity index (χ3v) is 9.29. The monoisotopic (exact) mass is 852 g/mol. The predicted molar refractivity (Wildman–Crippen MR) is 204 cm³/mol. The number of nitrogens with zero attached hydrogens (tertiary/aromatic N) is 2. The van der Waals surface area contributed by atoms with Crippen LogP contribution >= 0.6 is 46.7 Å². The first kappa shape index (κ1) is 49.1. The van der Waals surface area contributed by atoms with Crippen LogP contribution in [0.4, 0.5) is 47.3 Å². The summed E-state index contributed by atoms with van der Waals surface area (Å²) in [6.45, 7) is 13.0. The van der Waals surface area contributed by atoms with E-state index in [1.54, 1.807) is 15.9 Å². The summed E-state index contributed by atoms with van der Waals surface area (Å²) >= 11 is 10.9. The van der Waals surface area contributed by atoms with Crippen molar-refractivity contribution in [3.05, 3.63) is 46.4 Å². The van der Waals surface area contributed by atoms with Crippen LogP contribution in [0.15, 0.2) is 46.2 Å². The van der Waals surface area contributed by atoms with Gasteiger partial charge >= 0.3 is 23.2 Å². The third kappa shape index (κ3) is 20.1. The van der Waals surface area contributed by atoms with Crippen LogP contribution in [0.25, 0.3) is 0 Å². The summed E-state index contributed by atoms with van der Waals surface area (Å²) in [6.07, 6.45) is 1.63. The number of ketones is 1. The summed E-state index contributed by atoms with van der Waals surface area (Å²) in [4.78, 5) is 37.6. The predicted octanol–water partition coefficient (Wildman–Crippen LogP) is 11.5. The number of halogens is 8. The van der Waals surface area contributed by atoms with Crippen molar-refractivity contribution in [1.82, 2.24) is 9.80 Å². The summed E-state index contributed by atoms with van der Waals surface area (Å²) in [5.41, 5.74) is -3.58. The molecule has 9 nitrogen and oxygen atoms in total. The van der Waals surface area contributed by atoms with Gasteiger partial charge in [0.25, 0.3) is 0 Å². The number of anilines is 2. The molecule has 0 radical (unpaired) electrons. The van der Waals surface area contributed by atoms with Crippen molar-refractivity contribution in [3.63, 3.8) is 0 Å². The Balaban J connectivity index is 0.000000440. The van der Waals surface area contributed by atoms with Gasteiger partial charge in [-0.1, -0.05) is 30.6 Å². The molecule has 19 heteroatoms.